The maximum atomic E-state index is 12.5. The van der Waals surface area contributed by atoms with E-state index in [0.717, 1.165) is 23.5 Å². The maximum Gasteiger partial charge on any atom is 0.260 e. The number of aromatic nitrogens is 3. The Balaban J connectivity index is 1.35. The summed E-state index contributed by atoms with van der Waals surface area (Å²) in [4.78, 5) is 27.5. The summed E-state index contributed by atoms with van der Waals surface area (Å²) in [7, 11) is 0. The summed E-state index contributed by atoms with van der Waals surface area (Å²) in [6.07, 6.45) is 4.32. The van der Waals surface area contributed by atoms with E-state index in [9.17, 15) is 4.79 Å². The van der Waals surface area contributed by atoms with E-state index >= 15 is 0 Å². The SMILES string of the molecule is Cc1cc(NC2CCN(C(=O)COc3ccccc3)C2)nc(-c2ccncc2)n1. The molecule has 1 aromatic carbocycles. The van der Waals surface area contributed by atoms with Gasteiger partial charge in [0, 0.05) is 48.8 Å². The van der Waals surface area contributed by atoms with Crippen LogP contribution in [0.5, 0.6) is 5.75 Å². The summed E-state index contributed by atoms with van der Waals surface area (Å²) in [5, 5.41) is 3.45. The molecule has 3 heterocycles. The number of rotatable bonds is 6. The third kappa shape index (κ3) is 4.87. The first-order chi connectivity index (χ1) is 14.2. The second-order valence-electron chi connectivity index (χ2n) is 7.03. The number of para-hydroxylation sites is 1. The highest BCUT2D eigenvalue weighted by Crippen LogP contribution is 2.20. The molecule has 1 unspecified atom stereocenters. The highest BCUT2D eigenvalue weighted by Gasteiger charge is 2.26. The van der Waals surface area contributed by atoms with Gasteiger partial charge in [0.25, 0.3) is 5.91 Å². The van der Waals surface area contributed by atoms with Gasteiger partial charge in [-0.25, -0.2) is 9.97 Å². The number of nitrogens with zero attached hydrogens (tertiary/aromatic N) is 4. The number of nitrogens with one attached hydrogen (secondary N) is 1. The third-order valence-electron chi connectivity index (χ3n) is 4.79. The predicted octanol–water partition coefficient (Wildman–Crippen LogP) is 2.94. The molecule has 0 spiro atoms. The molecule has 0 bridgehead atoms. The molecule has 29 heavy (non-hydrogen) atoms. The van der Waals surface area contributed by atoms with Crippen LogP contribution in [0.15, 0.2) is 60.9 Å². The second-order valence-corrected chi connectivity index (χ2v) is 7.03. The van der Waals surface area contributed by atoms with E-state index in [-0.39, 0.29) is 18.6 Å². The lowest BCUT2D eigenvalue weighted by molar-refractivity contribution is -0.132. The summed E-state index contributed by atoms with van der Waals surface area (Å²) in [5.74, 6) is 2.13. The van der Waals surface area contributed by atoms with E-state index < -0.39 is 0 Å². The zero-order valence-electron chi connectivity index (χ0n) is 16.3. The van der Waals surface area contributed by atoms with E-state index in [1.807, 2.05) is 60.4 Å². The normalized spacial score (nSPS) is 15.9. The molecule has 4 rings (SSSR count). The van der Waals surface area contributed by atoms with Crippen LogP contribution in [0.1, 0.15) is 12.1 Å². The number of likely N-dealkylation sites (tertiary alicyclic amines) is 1. The third-order valence-corrected chi connectivity index (χ3v) is 4.79. The lowest BCUT2D eigenvalue weighted by Gasteiger charge is -2.18. The van der Waals surface area contributed by atoms with E-state index in [0.29, 0.717) is 24.7 Å². The Kier molecular flexibility index (Phi) is 5.65. The Labute approximate surface area is 169 Å². The molecule has 1 amide bonds. The Hall–Kier alpha value is -3.48. The molecule has 1 aliphatic heterocycles. The zero-order valence-corrected chi connectivity index (χ0v) is 16.3. The number of carbonyl (C=O) groups is 1. The Morgan fingerprint density at radius 3 is 2.76 bits per heavy atom. The first-order valence-corrected chi connectivity index (χ1v) is 9.65. The van der Waals surface area contributed by atoms with Gasteiger partial charge in [0.05, 0.1) is 0 Å². The molecule has 1 N–H and O–H groups in total. The summed E-state index contributed by atoms with van der Waals surface area (Å²) in [6.45, 7) is 3.33. The van der Waals surface area contributed by atoms with Crippen molar-refractivity contribution in [3.05, 3.63) is 66.6 Å². The highest BCUT2D eigenvalue weighted by atomic mass is 16.5. The van der Waals surface area contributed by atoms with Crippen molar-refractivity contribution in [3.8, 4) is 17.1 Å². The van der Waals surface area contributed by atoms with E-state index in [4.69, 9.17) is 4.74 Å². The zero-order chi connectivity index (χ0) is 20.1. The second kappa shape index (κ2) is 8.68. The summed E-state index contributed by atoms with van der Waals surface area (Å²) in [6, 6.07) is 15.2. The Bertz CT molecular complexity index is 965. The molecule has 0 radical (unpaired) electrons. The molecule has 1 fully saturated rings. The lowest BCUT2D eigenvalue weighted by Crippen LogP contribution is -2.35. The summed E-state index contributed by atoms with van der Waals surface area (Å²) >= 11 is 0. The van der Waals surface area contributed by atoms with Gasteiger partial charge in [0.2, 0.25) is 0 Å². The number of amides is 1. The Morgan fingerprint density at radius 1 is 1.17 bits per heavy atom. The number of pyridine rings is 1. The van der Waals surface area contributed by atoms with Crippen molar-refractivity contribution in [1.29, 1.82) is 0 Å². The first kappa shape index (κ1) is 18.9. The van der Waals surface area contributed by atoms with Crippen LogP contribution >= 0.6 is 0 Å². The lowest BCUT2D eigenvalue weighted by atomic mass is 10.2. The minimum atomic E-state index is -0.00510. The highest BCUT2D eigenvalue weighted by molar-refractivity contribution is 5.78. The largest absolute Gasteiger partial charge is 0.484 e. The van der Waals surface area contributed by atoms with Crippen molar-refractivity contribution in [2.75, 3.05) is 25.0 Å². The molecule has 1 aliphatic rings. The molecule has 1 atom stereocenters. The predicted molar refractivity (Wildman–Crippen MR) is 111 cm³/mol. The van der Waals surface area contributed by atoms with Crippen LogP contribution in [0.3, 0.4) is 0 Å². The average Bonchev–Trinajstić information content (AvgIpc) is 3.21. The average molecular weight is 389 g/mol. The molecule has 3 aromatic rings. The van der Waals surface area contributed by atoms with E-state index in [1.165, 1.54) is 0 Å². The van der Waals surface area contributed by atoms with Gasteiger partial charge in [-0.3, -0.25) is 9.78 Å². The minimum Gasteiger partial charge on any atom is -0.484 e. The van der Waals surface area contributed by atoms with Crippen LogP contribution in [0.4, 0.5) is 5.82 Å². The van der Waals surface area contributed by atoms with Gasteiger partial charge < -0.3 is 15.0 Å². The van der Waals surface area contributed by atoms with Gasteiger partial charge in [-0.1, -0.05) is 18.2 Å². The van der Waals surface area contributed by atoms with Crippen molar-refractivity contribution in [3.63, 3.8) is 0 Å². The smallest absolute Gasteiger partial charge is 0.260 e. The fourth-order valence-corrected chi connectivity index (χ4v) is 3.34. The van der Waals surface area contributed by atoms with Crippen LogP contribution in [0.2, 0.25) is 0 Å². The summed E-state index contributed by atoms with van der Waals surface area (Å²) in [5.41, 5.74) is 1.81. The fourth-order valence-electron chi connectivity index (χ4n) is 3.34. The minimum absolute atomic E-state index is 0.00510. The maximum absolute atomic E-state index is 12.5. The number of ether oxygens (including phenoxy) is 1. The topological polar surface area (TPSA) is 80.2 Å². The molecular formula is C22H23N5O2. The van der Waals surface area contributed by atoms with Gasteiger partial charge in [0.15, 0.2) is 12.4 Å². The van der Waals surface area contributed by atoms with Crippen LogP contribution in [0.25, 0.3) is 11.4 Å². The number of anilines is 1. The van der Waals surface area contributed by atoms with Gasteiger partial charge in [-0.2, -0.15) is 0 Å². The molecule has 7 nitrogen and oxygen atoms in total. The molecular weight excluding hydrogens is 366 g/mol. The molecule has 7 heteroatoms. The number of hydrogen-bond donors (Lipinski definition) is 1. The van der Waals surface area contributed by atoms with Crippen molar-refractivity contribution < 1.29 is 9.53 Å². The summed E-state index contributed by atoms with van der Waals surface area (Å²) < 4.78 is 5.58. The number of hydrogen-bond acceptors (Lipinski definition) is 6. The van der Waals surface area contributed by atoms with Crippen LogP contribution in [0, 0.1) is 6.92 Å². The van der Waals surface area contributed by atoms with Crippen molar-refractivity contribution in [1.82, 2.24) is 19.9 Å². The standard InChI is InChI=1S/C22H23N5O2/c1-16-13-20(26-22(24-16)17-7-10-23-11-8-17)25-18-9-12-27(14-18)21(28)15-29-19-5-3-2-4-6-19/h2-8,10-11,13,18H,9,12,14-15H2,1H3,(H,24,25,26). The van der Waals surface area contributed by atoms with Gasteiger partial charge >= 0.3 is 0 Å². The van der Waals surface area contributed by atoms with Crippen LogP contribution in [-0.2, 0) is 4.79 Å². The van der Waals surface area contributed by atoms with E-state index in [1.54, 1.807) is 12.4 Å². The van der Waals surface area contributed by atoms with Crippen molar-refractivity contribution in [2.24, 2.45) is 0 Å². The van der Waals surface area contributed by atoms with Crippen molar-refractivity contribution in [2.45, 2.75) is 19.4 Å². The molecule has 1 saturated heterocycles. The van der Waals surface area contributed by atoms with Crippen LogP contribution < -0.4 is 10.1 Å². The number of benzene rings is 1. The monoisotopic (exact) mass is 389 g/mol. The first-order valence-electron chi connectivity index (χ1n) is 9.65. The quantitative estimate of drug-likeness (QED) is 0.698. The van der Waals surface area contributed by atoms with Gasteiger partial charge in [-0.15, -0.1) is 0 Å². The van der Waals surface area contributed by atoms with Crippen molar-refractivity contribution >= 4 is 11.7 Å². The number of aryl methyl sites for hydroxylation is 1. The molecule has 0 aliphatic carbocycles. The van der Waals surface area contributed by atoms with Gasteiger partial charge in [-0.05, 0) is 37.6 Å². The molecule has 2 aromatic heterocycles. The fraction of sp³-hybridized carbons (Fsp3) is 0.273. The van der Waals surface area contributed by atoms with Gasteiger partial charge in [0.1, 0.15) is 11.6 Å². The van der Waals surface area contributed by atoms with Crippen LogP contribution in [-0.4, -0.2) is 51.5 Å². The molecule has 0 saturated carbocycles. The Morgan fingerprint density at radius 2 is 1.97 bits per heavy atom. The van der Waals surface area contributed by atoms with E-state index in [2.05, 4.69) is 20.3 Å². The number of carbonyl (C=O) groups excluding carboxylic acids is 1. The molecule has 148 valence electrons.